The fourth-order valence-electron chi connectivity index (χ4n) is 1.62. The van der Waals surface area contributed by atoms with Crippen LogP contribution in [0.15, 0.2) is 22.7 Å². The zero-order valence-electron chi connectivity index (χ0n) is 8.33. The summed E-state index contributed by atoms with van der Waals surface area (Å²) < 4.78 is 1.05. The Balaban J connectivity index is 2.07. The first-order valence-electron chi connectivity index (χ1n) is 4.91. The summed E-state index contributed by atoms with van der Waals surface area (Å²) >= 11 is 3.41. The molecule has 14 heavy (non-hydrogen) atoms. The smallest absolute Gasteiger partial charge is 0.0371 e. The average Bonchev–Trinajstić information content (AvgIpc) is 2.92. The average molecular weight is 255 g/mol. The van der Waals surface area contributed by atoms with Gasteiger partial charge in [-0.3, -0.25) is 4.90 Å². The third-order valence-electron chi connectivity index (χ3n) is 2.70. The first-order valence-corrected chi connectivity index (χ1v) is 5.70. The van der Waals surface area contributed by atoms with Crippen LogP contribution >= 0.6 is 15.9 Å². The maximum Gasteiger partial charge on any atom is 0.0371 e. The second kappa shape index (κ2) is 3.91. The fourth-order valence-corrected chi connectivity index (χ4v) is 2.00. The van der Waals surface area contributed by atoms with Crippen molar-refractivity contribution in [3.63, 3.8) is 0 Å². The van der Waals surface area contributed by atoms with Gasteiger partial charge in [-0.25, -0.2) is 0 Å². The molecular weight excluding hydrogens is 240 g/mol. The van der Waals surface area contributed by atoms with Crippen molar-refractivity contribution in [1.29, 1.82) is 0 Å². The number of nitrogens with zero attached hydrogens (tertiary/aromatic N) is 1. The van der Waals surface area contributed by atoms with Crippen LogP contribution in [0, 0.1) is 0 Å². The molecule has 0 radical (unpaired) electrons. The van der Waals surface area contributed by atoms with Crippen molar-refractivity contribution < 1.29 is 0 Å². The lowest BCUT2D eigenvalue weighted by molar-refractivity contribution is 0.317. The lowest BCUT2D eigenvalue weighted by Gasteiger charge is -2.16. The summed E-state index contributed by atoms with van der Waals surface area (Å²) in [4.78, 5) is 2.37. The van der Waals surface area contributed by atoms with E-state index in [4.69, 9.17) is 5.73 Å². The number of nitrogen functional groups attached to an aromatic ring is 1. The van der Waals surface area contributed by atoms with Crippen molar-refractivity contribution in [3.8, 4) is 0 Å². The van der Waals surface area contributed by atoms with Gasteiger partial charge in [0.1, 0.15) is 0 Å². The molecule has 3 heteroatoms. The van der Waals surface area contributed by atoms with Crippen molar-refractivity contribution in [3.05, 3.63) is 28.2 Å². The van der Waals surface area contributed by atoms with Gasteiger partial charge in [-0.15, -0.1) is 0 Å². The van der Waals surface area contributed by atoms with Crippen LogP contribution in [0.1, 0.15) is 18.4 Å². The van der Waals surface area contributed by atoms with Crippen molar-refractivity contribution >= 4 is 21.6 Å². The number of nitrogens with two attached hydrogens (primary N) is 1. The fraction of sp³-hybridized carbons (Fsp3) is 0.455. The van der Waals surface area contributed by atoms with Gasteiger partial charge >= 0.3 is 0 Å². The monoisotopic (exact) mass is 254 g/mol. The number of rotatable bonds is 3. The molecule has 1 aromatic rings. The van der Waals surface area contributed by atoms with Crippen LogP contribution in [0.25, 0.3) is 0 Å². The Hall–Kier alpha value is -0.540. The molecule has 0 amide bonds. The Morgan fingerprint density at radius 2 is 2.21 bits per heavy atom. The van der Waals surface area contributed by atoms with Gasteiger partial charge in [0.2, 0.25) is 0 Å². The van der Waals surface area contributed by atoms with E-state index in [1.807, 2.05) is 12.1 Å². The molecule has 0 unspecified atom stereocenters. The lowest BCUT2D eigenvalue weighted by Crippen LogP contribution is -2.20. The Kier molecular flexibility index (Phi) is 2.79. The summed E-state index contributed by atoms with van der Waals surface area (Å²) in [7, 11) is 2.17. The minimum absolute atomic E-state index is 0.790. The molecule has 0 spiro atoms. The highest BCUT2D eigenvalue weighted by atomic mass is 79.9. The molecule has 76 valence electrons. The maximum absolute atomic E-state index is 5.93. The minimum atomic E-state index is 0.790. The van der Waals surface area contributed by atoms with Gasteiger partial charge in [0.25, 0.3) is 0 Å². The highest BCUT2D eigenvalue weighted by Crippen LogP contribution is 2.28. The van der Waals surface area contributed by atoms with Crippen LogP contribution in [0.3, 0.4) is 0 Å². The number of hydrogen-bond donors (Lipinski definition) is 1. The molecule has 2 N–H and O–H groups in total. The molecule has 0 bridgehead atoms. The highest BCUT2D eigenvalue weighted by molar-refractivity contribution is 9.10. The molecule has 1 saturated carbocycles. The van der Waals surface area contributed by atoms with Gasteiger partial charge in [0.15, 0.2) is 0 Å². The summed E-state index contributed by atoms with van der Waals surface area (Å²) in [6.07, 6.45) is 2.68. The molecule has 1 aliphatic carbocycles. The molecule has 1 aromatic carbocycles. The third kappa shape index (κ3) is 2.28. The van der Waals surface area contributed by atoms with Gasteiger partial charge in [-0.05, 0) is 37.6 Å². The maximum atomic E-state index is 5.93. The highest BCUT2D eigenvalue weighted by Gasteiger charge is 2.26. The third-order valence-corrected chi connectivity index (χ3v) is 3.19. The zero-order valence-corrected chi connectivity index (χ0v) is 9.92. The normalized spacial score (nSPS) is 16.2. The van der Waals surface area contributed by atoms with Crippen molar-refractivity contribution in [2.45, 2.75) is 25.4 Å². The summed E-state index contributed by atoms with van der Waals surface area (Å²) in [6.45, 7) is 0.962. The van der Waals surface area contributed by atoms with Crippen molar-refractivity contribution in [2.24, 2.45) is 0 Å². The van der Waals surface area contributed by atoms with Crippen molar-refractivity contribution in [2.75, 3.05) is 12.8 Å². The lowest BCUT2D eigenvalue weighted by atomic mass is 10.2. The van der Waals surface area contributed by atoms with E-state index in [-0.39, 0.29) is 0 Å². The standard InChI is InChI=1S/C11H15BrN2/c1-14(10-4-5-10)7-8-2-3-9(12)6-11(8)13/h2-3,6,10H,4-5,7,13H2,1H3. The molecule has 0 saturated heterocycles. The summed E-state index contributed by atoms with van der Waals surface area (Å²) in [5.41, 5.74) is 8.04. The zero-order chi connectivity index (χ0) is 10.1. The van der Waals surface area contributed by atoms with E-state index in [1.165, 1.54) is 18.4 Å². The second-order valence-corrected chi connectivity index (χ2v) is 4.91. The predicted molar refractivity (Wildman–Crippen MR) is 63.0 cm³/mol. The minimum Gasteiger partial charge on any atom is -0.398 e. The largest absolute Gasteiger partial charge is 0.398 e. The first kappa shape index (κ1) is 9.99. The Morgan fingerprint density at radius 3 is 2.79 bits per heavy atom. The quantitative estimate of drug-likeness (QED) is 0.841. The molecule has 0 aromatic heterocycles. The van der Waals surface area contributed by atoms with E-state index in [0.29, 0.717) is 0 Å². The van der Waals surface area contributed by atoms with E-state index in [0.717, 1.165) is 22.7 Å². The van der Waals surface area contributed by atoms with Gasteiger partial charge in [0, 0.05) is 22.7 Å². The van der Waals surface area contributed by atoms with Crippen LogP contribution in [-0.2, 0) is 6.54 Å². The topological polar surface area (TPSA) is 29.3 Å². The molecule has 0 atom stereocenters. The number of anilines is 1. The van der Waals surface area contributed by atoms with Crippen LogP contribution in [0.4, 0.5) is 5.69 Å². The molecular formula is C11H15BrN2. The number of halogens is 1. The SMILES string of the molecule is CN(Cc1ccc(Br)cc1N)C1CC1. The molecule has 2 rings (SSSR count). The van der Waals surface area contributed by atoms with Gasteiger partial charge in [-0.1, -0.05) is 22.0 Å². The Bertz CT molecular complexity index is 334. The van der Waals surface area contributed by atoms with E-state index < -0.39 is 0 Å². The van der Waals surface area contributed by atoms with Crippen LogP contribution in [0.2, 0.25) is 0 Å². The predicted octanol–water partition coefficient (Wildman–Crippen LogP) is 2.63. The van der Waals surface area contributed by atoms with Gasteiger partial charge < -0.3 is 5.73 Å². The van der Waals surface area contributed by atoms with Crippen LogP contribution in [0.5, 0.6) is 0 Å². The molecule has 1 fully saturated rings. The number of benzene rings is 1. The van der Waals surface area contributed by atoms with Gasteiger partial charge in [0.05, 0.1) is 0 Å². The first-order chi connectivity index (χ1) is 6.66. The molecule has 1 aliphatic rings. The molecule has 0 aliphatic heterocycles. The van der Waals surface area contributed by atoms with E-state index in [1.54, 1.807) is 0 Å². The number of hydrogen-bond acceptors (Lipinski definition) is 2. The van der Waals surface area contributed by atoms with Crippen LogP contribution in [-0.4, -0.2) is 18.0 Å². The van der Waals surface area contributed by atoms with Gasteiger partial charge in [-0.2, -0.15) is 0 Å². The van der Waals surface area contributed by atoms with Crippen LogP contribution < -0.4 is 5.73 Å². The van der Waals surface area contributed by atoms with E-state index in [9.17, 15) is 0 Å². The summed E-state index contributed by atoms with van der Waals surface area (Å²) in [5.74, 6) is 0. The summed E-state index contributed by atoms with van der Waals surface area (Å²) in [6, 6.07) is 6.90. The Morgan fingerprint density at radius 1 is 1.50 bits per heavy atom. The molecule has 0 heterocycles. The van der Waals surface area contributed by atoms with E-state index in [2.05, 4.69) is 33.9 Å². The van der Waals surface area contributed by atoms with E-state index >= 15 is 0 Å². The second-order valence-electron chi connectivity index (χ2n) is 3.99. The summed E-state index contributed by atoms with van der Waals surface area (Å²) in [5, 5.41) is 0. The van der Waals surface area contributed by atoms with Crippen molar-refractivity contribution in [1.82, 2.24) is 4.90 Å². The Labute approximate surface area is 93.2 Å². The molecule has 2 nitrogen and oxygen atoms in total.